The molecule has 0 aliphatic carbocycles. The van der Waals surface area contributed by atoms with Crippen molar-refractivity contribution in [1.82, 2.24) is 0 Å². The van der Waals surface area contributed by atoms with Crippen LogP contribution in [-0.2, 0) is 16.0 Å². The molecule has 0 bridgehead atoms. The van der Waals surface area contributed by atoms with Crippen molar-refractivity contribution in [1.29, 1.82) is 0 Å². The largest absolute Gasteiger partial charge is 0.465 e. The van der Waals surface area contributed by atoms with Crippen LogP contribution in [0.15, 0.2) is 17.5 Å². The predicted molar refractivity (Wildman–Crippen MR) is 52.8 cm³/mol. The average Bonchev–Trinajstić information content (AvgIpc) is 2.53. The number of hydrogen-bond acceptors (Lipinski definition) is 3. The van der Waals surface area contributed by atoms with Crippen LogP contribution in [-0.4, -0.2) is 17.9 Å². The van der Waals surface area contributed by atoms with Crippen molar-refractivity contribution in [3.05, 3.63) is 22.4 Å². The lowest BCUT2D eigenvalue weighted by molar-refractivity contribution is -0.142. The van der Waals surface area contributed by atoms with Gasteiger partial charge in [-0.3, -0.25) is 4.79 Å². The first kappa shape index (κ1) is 9.74. The molecule has 2 nitrogen and oxygen atoms in total. The minimum absolute atomic E-state index is 0.156. The summed E-state index contributed by atoms with van der Waals surface area (Å²) in [5.41, 5.74) is 0. The molecule has 1 aromatic heterocycles. The number of rotatable bonds is 4. The zero-order valence-corrected chi connectivity index (χ0v) is 8.86. The molecule has 1 aromatic rings. The third-order valence-electron chi connectivity index (χ3n) is 1.24. The zero-order chi connectivity index (χ0) is 8.81. The monoisotopic (exact) mass is 248 g/mol. The third kappa shape index (κ3) is 3.36. The van der Waals surface area contributed by atoms with E-state index in [1.54, 1.807) is 11.3 Å². The van der Waals surface area contributed by atoms with Crippen molar-refractivity contribution >= 4 is 33.2 Å². The van der Waals surface area contributed by atoms with Crippen LogP contribution in [0, 0.1) is 0 Å². The van der Waals surface area contributed by atoms with Crippen molar-refractivity contribution in [3.63, 3.8) is 0 Å². The first-order valence-electron chi connectivity index (χ1n) is 3.57. The summed E-state index contributed by atoms with van der Waals surface area (Å²) in [5, 5.41) is 2.65. The molecule has 0 saturated carbocycles. The van der Waals surface area contributed by atoms with E-state index in [1.165, 1.54) is 0 Å². The van der Waals surface area contributed by atoms with Crippen LogP contribution in [0.2, 0.25) is 0 Å². The summed E-state index contributed by atoms with van der Waals surface area (Å²) >= 11 is 4.75. The number of alkyl halides is 1. The van der Waals surface area contributed by atoms with Crippen LogP contribution in [0.1, 0.15) is 4.88 Å². The van der Waals surface area contributed by atoms with Gasteiger partial charge in [0, 0.05) is 10.2 Å². The number of hydrogen-bond donors (Lipinski definition) is 0. The number of esters is 1. The van der Waals surface area contributed by atoms with Gasteiger partial charge in [-0.1, -0.05) is 22.0 Å². The van der Waals surface area contributed by atoms with Gasteiger partial charge >= 0.3 is 5.97 Å². The Hall–Kier alpha value is -0.350. The second-order valence-corrected chi connectivity index (χ2v) is 3.99. The number of ether oxygens (including phenoxy) is 1. The molecule has 12 heavy (non-hydrogen) atoms. The lowest BCUT2D eigenvalue weighted by atomic mass is 10.3. The number of thiophene rings is 1. The highest BCUT2D eigenvalue weighted by molar-refractivity contribution is 9.09. The normalized spacial score (nSPS) is 9.75. The van der Waals surface area contributed by atoms with E-state index < -0.39 is 0 Å². The SMILES string of the molecule is O=C(Cc1cccs1)OCCBr. The molecule has 0 amide bonds. The summed E-state index contributed by atoms with van der Waals surface area (Å²) in [6.07, 6.45) is 0.394. The van der Waals surface area contributed by atoms with Crippen molar-refractivity contribution in [2.24, 2.45) is 0 Å². The Bertz CT molecular complexity index is 233. The molecule has 0 unspecified atom stereocenters. The standard InChI is InChI=1S/C8H9BrO2S/c9-3-4-11-8(10)6-7-2-1-5-12-7/h1-2,5H,3-4,6H2. The number of carbonyl (C=O) groups is 1. The maximum Gasteiger partial charge on any atom is 0.311 e. The minimum Gasteiger partial charge on any atom is -0.465 e. The molecular weight excluding hydrogens is 240 g/mol. The van der Waals surface area contributed by atoms with Gasteiger partial charge in [0.2, 0.25) is 0 Å². The Morgan fingerprint density at radius 1 is 1.67 bits per heavy atom. The molecule has 0 radical (unpaired) electrons. The number of halogens is 1. The fourth-order valence-corrected chi connectivity index (χ4v) is 1.61. The highest BCUT2D eigenvalue weighted by atomic mass is 79.9. The Labute approximate surface area is 83.7 Å². The fourth-order valence-electron chi connectivity index (χ4n) is 0.759. The predicted octanol–water partition coefficient (Wildman–Crippen LogP) is 2.23. The van der Waals surface area contributed by atoms with E-state index in [0.29, 0.717) is 18.4 Å². The van der Waals surface area contributed by atoms with E-state index in [9.17, 15) is 4.79 Å². The fraction of sp³-hybridized carbons (Fsp3) is 0.375. The van der Waals surface area contributed by atoms with Crippen LogP contribution >= 0.6 is 27.3 Å². The first-order valence-corrected chi connectivity index (χ1v) is 5.57. The van der Waals surface area contributed by atoms with Gasteiger partial charge in [0.05, 0.1) is 6.42 Å². The van der Waals surface area contributed by atoms with Crippen LogP contribution in [0.4, 0.5) is 0 Å². The minimum atomic E-state index is -0.156. The molecule has 0 aliphatic heterocycles. The van der Waals surface area contributed by atoms with Crippen LogP contribution in [0.5, 0.6) is 0 Å². The molecule has 1 heterocycles. The van der Waals surface area contributed by atoms with Crippen molar-refractivity contribution in [2.45, 2.75) is 6.42 Å². The maximum atomic E-state index is 11.0. The molecule has 0 spiro atoms. The van der Waals surface area contributed by atoms with Gasteiger partial charge in [-0.05, 0) is 11.4 Å². The maximum absolute atomic E-state index is 11.0. The molecule has 4 heteroatoms. The summed E-state index contributed by atoms with van der Waals surface area (Å²) in [5.74, 6) is -0.156. The van der Waals surface area contributed by atoms with Gasteiger partial charge in [0.25, 0.3) is 0 Å². The summed E-state index contributed by atoms with van der Waals surface area (Å²) in [4.78, 5) is 12.1. The Morgan fingerprint density at radius 2 is 2.50 bits per heavy atom. The highest BCUT2D eigenvalue weighted by Crippen LogP contribution is 2.09. The first-order chi connectivity index (χ1) is 5.83. The van der Waals surface area contributed by atoms with Crippen LogP contribution < -0.4 is 0 Å². The second kappa shape index (κ2) is 5.32. The molecule has 0 N–H and O–H groups in total. The number of carbonyl (C=O) groups excluding carboxylic acids is 1. The van der Waals surface area contributed by atoms with Crippen molar-refractivity contribution in [3.8, 4) is 0 Å². The van der Waals surface area contributed by atoms with Gasteiger partial charge in [-0.2, -0.15) is 0 Å². The molecule has 0 fully saturated rings. The summed E-state index contributed by atoms with van der Waals surface area (Å²) in [7, 11) is 0. The van der Waals surface area contributed by atoms with Crippen molar-refractivity contribution < 1.29 is 9.53 Å². The Morgan fingerprint density at radius 3 is 3.08 bits per heavy atom. The molecule has 66 valence electrons. The van der Waals surface area contributed by atoms with E-state index in [0.717, 1.165) is 4.88 Å². The summed E-state index contributed by atoms with van der Waals surface area (Å²) in [6.45, 7) is 0.449. The van der Waals surface area contributed by atoms with E-state index in [1.807, 2.05) is 17.5 Å². The molecular formula is C8H9BrO2S. The zero-order valence-electron chi connectivity index (χ0n) is 6.46. The van der Waals surface area contributed by atoms with Crippen LogP contribution in [0.3, 0.4) is 0 Å². The highest BCUT2D eigenvalue weighted by Gasteiger charge is 2.03. The van der Waals surface area contributed by atoms with Crippen molar-refractivity contribution in [2.75, 3.05) is 11.9 Å². The molecule has 0 aliphatic rings. The summed E-state index contributed by atoms with van der Waals surface area (Å²) < 4.78 is 4.89. The second-order valence-electron chi connectivity index (χ2n) is 2.17. The molecule has 0 atom stereocenters. The van der Waals surface area contributed by atoms with Gasteiger partial charge in [0.1, 0.15) is 6.61 Å². The Kier molecular flexibility index (Phi) is 4.32. The molecule has 0 aromatic carbocycles. The topological polar surface area (TPSA) is 26.3 Å². The van der Waals surface area contributed by atoms with E-state index in [2.05, 4.69) is 15.9 Å². The van der Waals surface area contributed by atoms with Gasteiger partial charge in [0.15, 0.2) is 0 Å². The third-order valence-corrected chi connectivity index (χ3v) is 2.44. The smallest absolute Gasteiger partial charge is 0.311 e. The van der Waals surface area contributed by atoms with Gasteiger partial charge in [-0.25, -0.2) is 0 Å². The lowest BCUT2D eigenvalue weighted by Gasteiger charge is -1.99. The average molecular weight is 249 g/mol. The van der Waals surface area contributed by atoms with Gasteiger partial charge in [-0.15, -0.1) is 11.3 Å². The Balaban J connectivity index is 2.27. The van der Waals surface area contributed by atoms with E-state index in [-0.39, 0.29) is 5.97 Å². The van der Waals surface area contributed by atoms with E-state index >= 15 is 0 Å². The van der Waals surface area contributed by atoms with Gasteiger partial charge < -0.3 is 4.74 Å². The lowest BCUT2D eigenvalue weighted by Crippen LogP contribution is -2.08. The van der Waals surface area contributed by atoms with Crippen LogP contribution in [0.25, 0.3) is 0 Å². The molecule has 1 rings (SSSR count). The quantitative estimate of drug-likeness (QED) is 0.604. The summed E-state index contributed by atoms with van der Waals surface area (Å²) in [6, 6.07) is 3.86. The molecule has 0 saturated heterocycles. The van der Waals surface area contributed by atoms with E-state index in [4.69, 9.17) is 4.74 Å².